The standard InChI is InChI=1S/C11H18O2/c1-7(2)8-4-5-11(3)9(8)6-10(12)13-11/h7-9H,4-6H2,1-3H3. The molecule has 0 aromatic heterocycles. The highest BCUT2D eigenvalue weighted by atomic mass is 16.6. The quantitative estimate of drug-likeness (QED) is 0.582. The number of hydrogen-bond donors (Lipinski definition) is 0. The van der Waals surface area contributed by atoms with Crippen LogP contribution in [0.15, 0.2) is 0 Å². The highest BCUT2D eigenvalue weighted by Gasteiger charge is 2.53. The van der Waals surface area contributed by atoms with Crippen molar-refractivity contribution in [2.24, 2.45) is 17.8 Å². The zero-order valence-electron chi connectivity index (χ0n) is 8.67. The molecule has 74 valence electrons. The summed E-state index contributed by atoms with van der Waals surface area (Å²) in [6.45, 7) is 6.60. The predicted molar refractivity (Wildman–Crippen MR) is 50.2 cm³/mol. The van der Waals surface area contributed by atoms with E-state index in [9.17, 15) is 4.79 Å². The van der Waals surface area contributed by atoms with Crippen molar-refractivity contribution in [3.05, 3.63) is 0 Å². The molecule has 0 spiro atoms. The number of carbonyl (C=O) groups excluding carboxylic acids is 1. The minimum Gasteiger partial charge on any atom is -0.459 e. The van der Waals surface area contributed by atoms with Gasteiger partial charge < -0.3 is 4.74 Å². The summed E-state index contributed by atoms with van der Waals surface area (Å²) in [7, 11) is 0. The summed E-state index contributed by atoms with van der Waals surface area (Å²) < 4.78 is 5.41. The number of ether oxygens (including phenoxy) is 1. The Morgan fingerprint density at radius 3 is 2.85 bits per heavy atom. The van der Waals surface area contributed by atoms with Crippen molar-refractivity contribution in [2.45, 2.75) is 45.6 Å². The fraction of sp³-hybridized carbons (Fsp3) is 0.909. The molecule has 13 heavy (non-hydrogen) atoms. The molecule has 1 heterocycles. The molecule has 2 nitrogen and oxygen atoms in total. The maximum absolute atomic E-state index is 11.2. The minimum absolute atomic E-state index is 0.0119. The van der Waals surface area contributed by atoms with Gasteiger partial charge in [-0.1, -0.05) is 13.8 Å². The van der Waals surface area contributed by atoms with Gasteiger partial charge in [-0.15, -0.1) is 0 Å². The highest BCUT2D eigenvalue weighted by Crippen LogP contribution is 2.51. The lowest BCUT2D eigenvalue weighted by molar-refractivity contribution is -0.147. The van der Waals surface area contributed by atoms with E-state index in [4.69, 9.17) is 4.74 Å². The number of esters is 1. The van der Waals surface area contributed by atoms with Crippen molar-refractivity contribution in [1.82, 2.24) is 0 Å². The Balaban J connectivity index is 2.19. The van der Waals surface area contributed by atoms with Gasteiger partial charge in [0.05, 0.1) is 6.42 Å². The Kier molecular flexibility index (Phi) is 1.90. The third kappa shape index (κ3) is 1.27. The van der Waals surface area contributed by atoms with E-state index < -0.39 is 0 Å². The molecule has 1 saturated heterocycles. The second-order valence-corrected chi connectivity index (χ2v) is 5.04. The van der Waals surface area contributed by atoms with Gasteiger partial charge in [-0.3, -0.25) is 4.79 Å². The molecule has 0 bridgehead atoms. The largest absolute Gasteiger partial charge is 0.459 e. The Labute approximate surface area is 79.7 Å². The van der Waals surface area contributed by atoms with Crippen LogP contribution in [0.5, 0.6) is 0 Å². The second kappa shape index (κ2) is 2.73. The summed E-state index contributed by atoms with van der Waals surface area (Å²) >= 11 is 0. The zero-order valence-corrected chi connectivity index (χ0v) is 8.67. The van der Waals surface area contributed by atoms with Crippen molar-refractivity contribution in [1.29, 1.82) is 0 Å². The molecule has 3 unspecified atom stereocenters. The average Bonchev–Trinajstić information content (AvgIpc) is 2.40. The molecule has 0 N–H and O–H groups in total. The molecule has 2 aliphatic rings. The normalized spacial score (nSPS) is 43.8. The van der Waals surface area contributed by atoms with Gasteiger partial charge in [0.1, 0.15) is 5.60 Å². The van der Waals surface area contributed by atoms with E-state index >= 15 is 0 Å². The number of fused-ring (bicyclic) bond motifs is 1. The van der Waals surface area contributed by atoms with E-state index in [-0.39, 0.29) is 11.6 Å². The first kappa shape index (κ1) is 9.04. The van der Waals surface area contributed by atoms with Crippen LogP contribution in [0.4, 0.5) is 0 Å². The average molecular weight is 182 g/mol. The molecule has 1 saturated carbocycles. The lowest BCUT2D eigenvalue weighted by Crippen LogP contribution is -2.29. The summed E-state index contributed by atoms with van der Waals surface area (Å²) in [5.41, 5.74) is -0.119. The third-order valence-electron chi connectivity index (χ3n) is 3.87. The Morgan fingerprint density at radius 2 is 2.23 bits per heavy atom. The molecule has 2 fully saturated rings. The number of rotatable bonds is 1. The molecule has 2 rings (SSSR count). The van der Waals surface area contributed by atoms with Crippen LogP contribution >= 0.6 is 0 Å². The van der Waals surface area contributed by atoms with Crippen molar-refractivity contribution in [2.75, 3.05) is 0 Å². The highest BCUT2D eigenvalue weighted by molar-refractivity contribution is 5.73. The minimum atomic E-state index is -0.119. The predicted octanol–water partition coefficient (Wildman–Crippen LogP) is 2.37. The van der Waals surface area contributed by atoms with E-state index in [1.54, 1.807) is 0 Å². The molecule has 1 aliphatic heterocycles. The van der Waals surface area contributed by atoms with E-state index in [2.05, 4.69) is 20.8 Å². The molecular formula is C11H18O2. The molecular weight excluding hydrogens is 164 g/mol. The molecule has 3 atom stereocenters. The van der Waals surface area contributed by atoms with Gasteiger partial charge in [0.2, 0.25) is 0 Å². The SMILES string of the molecule is CC(C)C1CCC2(C)OC(=O)CC12. The summed E-state index contributed by atoms with van der Waals surface area (Å²) in [6.07, 6.45) is 2.94. The molecule has 1 aliphatic carbocycles. The van der Waals surface area contributed by atoms with Crippen LogP contribution < -0.4 is 0 Å². The Morgan fingerprint density at radius 1 is 1.54 bits per heavy atom. The van der Waals surface area contributed by atoms with Crippen LogP contribution in [-0.4, -0.2) is 11.6 Å². The monoisotopic (exact) mass is 182 g/mol. The van der Waals surface area contributed by atoms with Crippen LogP contribution in [0.1, 0.15) is 40.0 Å². The number of hydrogen-bond acceptors (Lipinski definition) is 2. The van der Waals surface area contributed by atoms with Gasteiger partial charge in [-0.05, 0) is 31.6 Å². The topological polar surface area (TPSA) is 26.3 Å². The van der Waals surface area contributed by atoms with E-state index in [0.717, 1.165) is 6.42 Å². The van der Waals surface area contributed by atoms with Crippen LogP contribution in [0, 0.1) is 17.8 Å². The second-order valence-electron chi connectivity index (χ2n) is 5.04. The maximum atomic E-state index is 11.2. The maximum Gasteiger partial charge on any atom is 0.306 e. The first-order valence-electron chi connectivity index (χ1n) is 5.25. The Hall–Kier alpha value is -0.530. The molecule has 0 aromatic rings. The Bertz CT molecular complexity index is 234. The zero-order chi connectivity index (χ0) is 9.64. The fourth-order valence-electron chi connectivity index (χ4n) is 3.07. The van der Waals surface area contributed by atoms with Gasteiger partial charge in [0.25, 0.3) is 0 Å². The number of carbonyl (C=O) groups is 1. The summed E-state index contributed by atoms with van der Waals surface area (Å²) in [5.74, 6) is 1.87. The summed E-state index contributed by atoms with van der Waals surface area (Å²) in [5, 5.41) is 0. The fourth-order valence-corrected chi connectivity index (χ4v) is 3.07. The smallest absolute Gasteiger partial charge is 0.306 e. The molecule has 0 amide bonds. The first-order valence-corrected chi connectivity index (χ1v) is 5.25. The van der Waals surface area contributed by atoms with Crippen molar-refractivity contribution >= 4 is 5.97 Å². The van der Waals surface area contributed by atoms with Crippen LogP contribution in [0.25, 0.3) is 0 Å². The molecule has 0 radical (unpaired) electrons. The van der Waals surface area contributed by atoms with Gasteiger partial charge in [0, 0.05) is 5.92 Å². The van der Waals surface area contributed by atoms with Gasteiger partial charge in [0.15, 0.2) is 0 Å². The van der Waals surface area contributed by atoms with Gasteiger partial charge in [-0.2, -0.15) is 0 Å². The van der Waals surface area contributed by atoms with Crippen molar-refractivity contribution < 1.29 is 9.53 Å². The lowest BCUT2D eigenvalue weighted by Gasteiger charge is -2.26. The van der Waals surface area contributed by atoms with Crippen LogP contribution in [0.2, 0.25) is 0 Å². The lowest BCUT2D eigenvalue weighted by atomic mass is 9.81. The van der Waals surface area contributed by atoms with Crippen molar-refractivity contribution in [3.63, 3.8) is 0 Å². The third-order valence-corrected chi connectivity index (χ3v) is 3.87. The summed E-state index contributed by atoms with van der Waals surface area (Å²) in [4.78, 5) is 11.2. The van der Waals surface area contributed by atoms with E-state index in [1.165, 1.54) is 6.42 Å². The molecule has 2 heteroatoms. The molecule has 0 aromatic carbocycles. The van der Waals surface area contributed by atoms with Crippen LogP contribution in [-0.2, 0) is 9.53 Å². The van der Waals surface area contributed by atoms with E-state index in [0.29, 0.717) is 24.2 Å². The van der Waals surface area contributed by atoms with Crippen molar-refractivity contribution in [3.8, 4) is 0 Å². The summed E-state index contributed by atoms with van der Waals surface area (Å²) in [6, 6.07) is 0. The van der Waals surface area contributed by atoms with E-state index in [1.807, 2.05) is 0 Å². The van der Waals surface area contributed by atoms with Gasteiger partial charge in [-0.25, -0.2) is 0 Å². The first-order chi connectivity index (χ1) is 6.03. The van der Waals surface area contributed by atoms with Crippen LogP contribution in [0.3, 0.4) is 0 Å². The van der Waals surface area contributed by atoms with Gasteiger partial charge >= 0.3 is 5.97 Å².